The van der Waals surface area contributed by atoms with Crippen molar-refractivity contribution >= 4 is 5.95 Å². The molecule has 4 nitrogen and oxygen atoms in total. The molecule has 0 saturated heterocycles. The monoisotopic (exact) mass is 221 g/mol. The molecule has 0 saturated carbocycles. The summed E-state index contributed by atoms with van der Waals surface area (Å²) in [6.45, 7) is 0. The van der Waals surface area contributed by atoms with Gasteiger partial charge < -0.3 is 15.0 Å². The van der Waals surface area contributed by atoms with Crippen LogP contribution in [0.15, 0.2) is 24.4 Å². The van der Waals surface area contributed by atoms with Gasteiger partial charge in [0.05, 0.1) is 12.8 Å². The van der Waals surface area contributed by atoms with Crippen molar-refractivity contribution < 1.29 is 9.13 Å². The molecule has 2 aromatic rings. The van der Waals surface area contributed by atoms with Crippen molar-refractivity contribution in [3.05, 3.63) is 30.2 Å². The van der Waals surface area contributed by atoms with Crippen LogP contribution in [0.4, 0.5) is 10.3 Å². The van der Waals surface area contributed by atoms with E-state index in [0.29, 0.717) is 17.2 Å². The van der Waals surface area contributed by atoms with E-state index in [4.69, 9.17) is 4.74 Å². The van der Waals surface area contributed by atoms with E-state index in [1.165, 1.54) is 13.2 Å². The van der Waals surface area contributed by atoms with Crippen molar-refractivity contribution in [1.29, 1.82) is 0 Å². The molecule has 0 amide bonds. The summed E-state index contributed by atoms with van der Waals surface area (Å²) in [5.41, 5.74) is 1.39. The number of anilines is 1. The van der Waals surface area contributed by atoms with Crippen molar-refractivity contribution in [2.45, 2.75) is 0 Å². The van der Waals surface area contributed by atoms with Gasteiger partial charge in [-0.3, -0.25) is 0 Å². The molecule has 0 aliphatic carbocycles. The first-order valence-electron chi connectivity index (χ1n) is 4.81. The Morgan fingerprint density at radius 1 is 1.44 bits per heavy atom. The second kappa shape index (κ2) is 4.22. The maximum atomic E-state index is 13.4. The highest BCUT2D eigenvalue weighted by molar-refractivity contribution is 5.61. The zero-order valence-corrected chi connectivity index (χ0v) is 9.04. The number of ether oxygens (including phenoxy) is 1. The van der Waals surface area contributed by atoms with Crippen LogP contribution >= 0.6 is 0 Å². The van der Waals surface area contributed by atoms with E-state index in [0.717, 1.165) is 0 Å². The number of H-pyrrole nitrogens is 1. The smallest absolute Gasteiger partial charge is 0.200 e. The number of imidazole rings is 1. The fraction of sp³-hybridized carbons (Fsp3) is 0.182. The molecule has 16 heavy (non-hydrogen) atoms. The summed E-state index contributed by atoms with van der Waals surface area (Å²) in [7, 11) is 3.20. The van der Waals surface area contributed by atoms with Crippen LogP contribution in [-0.2, 0) is 0 Å². The van der Waals surface area contributed by atoms with Gasteiger partial charge in [-0.2, -0.15) is 0 Å². The summed E-state index contributed by atoms with van der Waals surface area (Å²) in [6, 6.07) is 4.74. The third kappa shape index (κ3) is 1.84. The van der Waals surface area contributed by atoms with Gasteiger partial charge in [0, 0.05) is 18.8 Å². The molecular formula is C11H12FN3O. The second-order valence-corrected chi connectivity index (χ2v) is 3.23. The zero-order chi connectivity index (χ0) is 11.5. The molecule has 5 heteroatoms. The van der Waals surface area contributed by atoms with E-state index < -0.39 is 5.82 Å². The van der Waals surface area contributed by atoms with Crippen molar-refractivity contribution in [2.24, 2.45) is 0 Å². The molecule has 1 heterocycles. The van der Waals surface area contributed by atoms with Crippen LogP contribution < -0.4 is 10.1 Å². The maximum Gasteiger partial charge on any atom is 0.200 e. The molecule has 1 aromatic carbocycles. The van der Waals surface area contributed by atoms with E-state index >= 15 is 0 Å². The molecule has 0 aliphatic heterocycles. The SMILES string of the molecule is CNc1nc(-c2ccc(OC)c(F)c2)c[nH]1. The third-order valence-corrected chi connectivity index (χ3v) is 2.26. The quantitative estimate of drug-likeness (QED) is 0.835. The summed E-state index contributed by atoms with van der Waals surface area (Å²) in [5, 5.41) is 2.87. The number of methoxy groups -OCH3 is 1. The molecule has 84 valence electrons. The predicted molar refractivity (Wildman–Crippen MR) is 60.1 cm³/mol. The largest absolute Gasteiger partial charge is 0.494 e. The minimum atomic E-state index is -0.394. The van der Waals surface area contributed by atoms with Crippen molar-refractivity contribution in [1.82, 2.24) is 9.97 Å². The van der Waals surface area contributed by atoms with E-state index in [1.54, 1.807) is 25.4 Å². The number of hydrogen-bond acceptors (Lipinski definition) is 3. The van der Waals surface area contributed by atoms with Gasteiger partial charge in [-0.05, 0) is 18.2 Å². The Labute approximate surface area is 92.5 Å². The lowest BCUT2D eigenvalue weighted by Crippen LogP contribution is -1.90. The topological polar surface area (TPSA) is 49.9 Å². The molecule has 2 rings (SSSR count). The van der Waals surface area contributed by atoms with Gasteiger partial charge in [0.15, 0.2) is 17.5 Å². The minimum Gasteiger partial charge on any atom is -0.494 e. The summed E-state index contributed by atoms with van der Waals surface area (Å²) >= 11 is 0. The number of nitrogens with zero attached hydrogens (tertiary/aromatic N) is 1. The first kappa shape index (κ1) is 10.5. The van der Waals surface area contributed by atoms with Gasteiger partial charge in [0.25, 0.3) is 0 Å². The molecule has 0 bridgehead atoms. The summed E-state index contributed by atoms with van der Waals surface area (Å²) < 4.78 is 18.3. The first-order valence-corrected chi connectivity index (χ1v) is 4.81. The summed E-state index contributed by atoms with van der Waals surface area (Å²) in [6.07, 6.45) is 1.72. The average molecular weight is 221 g/mol. The third-order valence-electron chi connectivity index (χ3n) is 2.26. The number of nitrogens with one attached hydrogen (secondary N) is 2. The van der Waals surface area contributed by atoms with E-state index in [9.17, 15) is 4.39 Å². The predicted octanol–water partition coefficient (Wildman–Crippen LogP) is 2.27. The Hall–Kier alpha value is -2.04. The molecule has 0 radical (unpaired) electrons. The lowest BCUT2D eigenvalue weighted by molar-refractivity contribution is 0.386. The molecule has 2 N–H and O–H groups in total. The molecule has 0 aliphatic rings. The molecule has 0 spiro atoms. The van der Waals surface area contributed by atoms with Crippen LogP contribution in [0.2, 0.25) is 0 Å². The Kier molecular flexibility index (Phi) is 2.76. The normalized spacial score (nSPS) is 10.2. The van der Waals surface area contributed by atoms with Crippen molar-refractivity contribution in [3.8, 4) is 17.0 Å². The van der Waals surface area contributed by atoms with Crippen LogP contribution in [0.5, 0.6) is 5.75 Å². The Balaban J connectivity index is 2.37. The van der Waals surface area contributed by atoms with Crippen LogP contribution in [-0.4, -0.2) is 24.1 Å². The van der Waals surface area contributed by atoms with Crippen LogP contribution in [0.25, 0.3) is 11.3 Å². The van der Waals surface area contributed by atoms with E-state index in [2.05, 4.69) is 15.3 Å². The average Bonchev–Trinajstić information content (AvgIpc) is 2.77. The maximum absolute atomic E-state index is 13.4. The van der Waals surface area contributed by atoms with Gasteiger partial charge in [0.2, 0.25) is 0 Å². The number of aromatic amines is 1. The Bertz CT molecular complexity index is 496. The number of rotatable bonds is 3. The molecular weight excluding hydrogens is 209 g/mol. The minimum absolute atomic E-state index is 0.230. The molecule has 0 fully saturated rings. The fourth-order valence-corrected chi connectivity index (χ4v) is 1.42. The van der Waals surface area contributed by atoms with Crippen LogP contribution in [0.3, 0.4) is 0 Å². The van der Waals surface area contributed by atoms with Crippen LogP contribution in [0, 0.1) is 5.82 Å². The van der Waals surface area contributed by atoms with E-state index in [1.807, 2.05) is 0 Å². The highest BCUT2D eigenvalue weighted by Crippen LogP contribution is 2.24. The lowest BCUT2D eigenvalue weighted by atomic mass is 10.1. The lowest BCUT2D eigenvalue weighted by Gasteiger charge is -2.02. The first-order chi connectivity index (χ1) is 7.74. The molecule has 1 aromatic heterocycles. The standard InChI is InChI=1S/C11H12FN3O/c1-13-11-14-6-9(15-11)7-3-4-10(16-2)8(12)5-7/h3-6H,1-2H3,(H2,13,14,15). The van der Waals surface area contributed by atoms with E-state index in [-0.39, 0.29) is 5.75 Å². The van der Waals surface area contributed by atoms with Gasteiger partial charge in [0.1, 0.15) is 0 Å². The van der Waals surface area contributed by atoms with Crippen molar-refractivity contribution in [3.63, 3.8) is 0 Å². The number of halogens is 1. The fourth-order valence-electron chi connectivity index (χ4n) is 1.42. The highest BCUT2D eigenvalue weighted by Gasteiger charge is 2.07. The molecule has 0 unspecified atom stereocenters. The summed E-state index contributed by atoms with van der Waals surface area (Å²) in [5.74, 6) is 0.480. The van der Waals surface area contributed by atoms with Gasteiger partial charge in [-0.15, -0.1) is 0 Å². The van der Waals surface area contributed by atoms with Crippen LogP contribution in [0.1, 0.15) is 0 Å². The second-order valence-electron chi connectivity index (χ2n) is 3.23. The van der Waals surface area contributed by atoms with Gasteiger partial charge in [-0.1, -0.05) is 0 Å². The Morgan fingerprint density at radius 3 is 2.81 bits per heavy atom. The zero-order valence-electron chi connectivity index (χ0n) is 9.04. The number of benzene rings is 1. The van der Waals surface area contributed by atoms with Gasteiger partial charge in [-0.25, -0.2) is 9.37 Å². The van der Waals surface area contributed by atoms with Gasteiger partial charge >= 0.3 is 0 Å². The summed E-state index contributed by atoms with van der Waals surface area (Å²) in [4.78, 5) is 7.15. The van der Waals surface area contributed by atoms with Crippen molar-refractivity contribution in [2.75, 3.05) is 19.5 Å². The number of hydrogen-bond donors (Lipinski definition) is 2. The highest BCUT2D eigenvalue weighted by atomic mass is 19.1. The molecule has 0 atom stereocenters. The number of aromatic nitrogens is 2. The Morgan fingerprint density at radius 2 is 2.25 bits per heavy atom.